The first-order valence-electron chi connectivity index (χ1n) is 18.9. The van der Waals surface area contributed by atoms with Crippen molar-refractivity contribution in [1.29, 1.82) is 0 Å². The van der Waals surface area contributed by atoms with Gasteiger partial charge in [-0.3, -0.25) is 19.2 Å². The van der Waals surface area contributed by atoms with Crippen LogP contribution < -0.4 is 5.32 Å². The number of esters is 1. The highest BCUT2D eigenvalue weighted by Crippen LogP contribution is 2.61. The minimum absolute atomic E-state index is 0.0434. The molecule has 0 saturated carbocycles. The second-order valence-corrected chi connectivity index (χ2v) is 15.8. The molecular formula is C42H54BrN3O8. The summed E-state index contributed by atoms with van der Waals surface area (Å²) in [5.41, 5.74) is 0.142. The zero-order valence-electron chi connectivity index (χ0n) is 31.5. The van der Waals surface area contributed by atoms with Gasteiger partial charge in [-0.05, 0) is 43.7 Å². The Morgan fingerprint density at radius 3 is 2.43 bits per heavy atom. The molecule has 0 aliphatic carbocycles. The average Bonchev–Trinajstić information content (AvgIpc) is 3.77. The number of amides is 3. The Hall–Kier alpha value is -3.84. The molecule has 0 radical (unpaired) electrons. The van der Waals surface area contributed by atoms with E-state index in [2.05, 4.69) is 41.3 Å². The third-order valence-corrected chi connectivity index (χ3v) is 11.8. The lowest BCUT2D eigenvalue weighted by Gasteiger charge is -2.41. The van der Waals surface area contributed by atoms with Crippen LogP contribution in [0.4, 0.5) is 0 Å². The van der Waals surface area contributed by atoms with Crippen molar-refractivity contribution in [2.24, 2.45) is 11.8 Å². The Morgan fingerprint density at radius 2 is 1.81 bits per heavy atom. The SMILES string of the molecule is C=CCCC(=O)N[C@@H](COC)[C@@H](OC(=O)[C@@H]1[C@H]2O[C@@]3(CC2Br)[C@H](C(=O)N(CC=C)C(C)CCC)N([C@@H](CO)Cc2ccccc2)C(=O)[C@@H]13)c1ccccc1. The molecule has 2 unspecified atom stereocenters. The van der Waals surface area contributed by atoms with Crippen LogP contribution in [0.1, 0.15) is 63.2 Å². The second-order valence-electron chi connectivity index (χ2n) is 14.6. The van der Waals surface area contributed by atoms with Gasteiger partial charge in [0.15, 0.2) is 0 Å². The number of ether oxygens (including phenoxy) is 3. The summed E-state index contributed by atoms with van der Waals surface area (Å²) in [5.74, 6) is -3.82. The van der Waals surface area contributed by atoms with Crippen LogP contribution in [0.3, 0.4) is 0 Å². The highest BCUT2D eigenvalue weighted by atomic mass is 79.9. The fourth-order valence-corrected chi connectivity index (χ4v) is 9.57. The lowest BCUT2D eigenvalue weighted by molar-refractivity contribution is -0.163. The summed E-state index contributed by atoms with van der Waals surface area (Å²) < 4.78 is 18.7. The van der Waals surface area contributed by atoms with E-state index in [1.165, 1.54) is 12.0 Å². The third-order valence-electron chi connectivity index (χ3n) is 11.0. The van der Waals surface area contributed by atoms with Crippen molar-refractivity contribution in [3.05, 3.63) is 97.1 Å². The van der Waals surface area contributed by atoms with E-state index in [0.717, 1.165) is 18.4 Å². The number of aliphatic hydroxyl groups excluding tert-OH is 1. The Morgan fingerprint density at radius 1 is 1.13 bits per heavy atom. The minimum Gasteiger partial charge on any atom is -0.455 e. The fraction of sp³-hybridized carbons (Fsp3) is 0.524. The van der Waals surface area contributed by atoms with E-state index in [4.69, 9.17) is 14.2 Å². The molecule has 12 heteroatoms. The van der Waals surface area contributed by atoms with Gasteiger partial charge in [-0.2, -0.15) is 0 Å². The molecule has 292 valence electrons. The van der Waals surface area contributed by atoms with Crippen molar-refractivity contribution in [2.45, 2.75) is 99.2 Å². The molecule has 1 spiro atoms. The minimum atomic E-state index is -1.38. The molecular weight excluding hydrogens is 754 g/mol. The largest absolute Gasteiger partial charge is 0.455 e. The molecule has 5 rings (SSSR count). The highest BCUT2D eigenvalue weighted by Gasteiger charge is 2.77. The van der Waals surface area contributed by atoms with Crippen LogP contribution in [0.2, 0.25) is 0 Å². The van der Waals surface area contributed by atoms with Crippen LogP contribution in [0.5, 0.6) is 0 Å². The zero-order chi connectivity index (χ0) is 39.0. The summed E-state index contributed by atoms with van der Waals surface area (Å²) in [5, 5.41) is 13.9. The summed E-state index contributed by atoms with van der Waals surface area (Å²) in [6.45, 7) is 11.5. The molecule has 3 amide bonds. The van der Waals surface area contributed by atoms with E-state index < -0.39 is 66.3 Å². The number of rotatable bonds is 20. The summed E-state index contributed by atoms with van der Waals surface area (Å²) in [6, 6.07) is 15.8. The summed E-state index contributed by atoms with van der Waals surface area (Å²) in [7, 11) is 1.50. The number of methoxy groups -OCH3 is 1. The van der Waals surface area contributed by atoms with Gasteiger partial charge in [0.1, 0.15) is 17.7 Å². The third kappa shape index (κ3) is 8.36. The van der Waals surface area contributed by atoms with Crippen LogP contribution in [0.25, 0.3) is 0 Å². The second kappa shape index (κ2) is 18.7. The van der Waals surface area contributed by atoms with E-state index in [1.807, 2.05) is 55.5 Å². The van der Waals surface area contributed by atoms with E-state index in [0.29, 0.717) is 18.4 Å². The first-order chi connectivity index (χ1) is 26.1. The molecule has 11 nitrogen and oxygen atoms in total. The maximum atomic E-state index is 15.0. The quantitative estimate of drug-likeness (QED) is 0.109. The van der Waals surface area contributed by atoms with Crippen LogP contribution in [-0.2, 0) is 39.8 Å². The summed E-state index contributed by atoms with van der Waals surface area (Å²) >= 11 is 3.76. The molecule has 2 aromatic rings. The molecule has 2 bridgehead atoms. The number of hydrogen-bond acceptors (Lipinski definition) is 8. The van der Waals surface area contributed by atoms with Crippen molar-refractivity contribution in [3.8, 4) is 0 Å². The number of allylic oxidation sites excluding steroid dienone is 1. The van der Waals surface area contributed by atoms with Gasteiger partial charge in [0.05, 0.1) is 43.2 Å². The molecule has 2 aromatic carbocycles. The standard InChI is InChI=1S/C42H54BrN3O8/c1-6-9-21-33(48)44-32(26-52-5)36(29-19-14-11-15-20-29)53-41(51)34-35-39(49)46(30(25-47)23-28-17-12-10-13-18-28)38(42(35)24-31(43)37(34)54-42)40(50)45(22-8-3)27(4)16-7-2/h6,8,10-15,17-20,27,30-32,34-38,47H,1,3,7,9,16,21-26H2,2,4-5H3,(H,44,48)/t27?,30-,31?,32+,34+,35-,36+,37+,38+,42-/m1/s1. The Labute approximate surface area is 327 Å². The van der Waals surface area contributed by atoms with Crippen LogP contribution in [-0.4, -0.2) is 106 Å². The number of alkyl halides is 1. The van der Waals surface area contributed by atoms with Crippen LogP contribution >= 0.6 is 15.9 Å². The number of fused-ring (bicyclic) bond motifs is 1. The van der Waals surface area contributed by atoms with Crippen LogP contribution in [0.15, 0.2) is 86.0 Å². The number of carbonyl (C=O) groups is 4. The van der Waals surface area contributed by atoms with Crippen molar-refractivity contribution < 1.29 is 38.5 Å². The molecule has 54 heavy (non-hydrogen) atoms. The molecule has 3 aliphatic rings. The van der Waals surface area contributed by atoms with Crippen molar-refractivity contribution >= 4 is 39.6 Å². The molecule has 3 heterocycles. The number of nitrogens with one attached hydrogen (secondary N) is 1. The van der Waals surface area contributed by atoms with Gasteiger partial charge in [0, 0.05) is 30.9 Å². The number of likely N-dealkylation sites (tertiary alicyclic amines) is 1. The normalized spacial score (nSPS) is 26.4. The average molecular weight is 809 g/mol. The first-order valence-corrected chi connectivity index (χ1v) is 19.8. The van der Waals surface area contributed by atoms with E-state index in [1.54, 1.807) is 29.2 Å². The predicted octanol–water partition coefficient (Wildman–Crippen LogP) is 4.92. The van der Waals surface area contributed by atoms with Gasteiger partial charge in [-0.25, -0.2) is 0 Å². The lowest BCUT2D eigenvalue weighted by Crippen LogP contribution is -2.60. The van der Waals surface area contributed by atoms with E-state index in [-0.39, 0.29) is 48.7 Å². The van der Waals surface area contributed by atoms with Gasteiger partial charge < -0.3 is 34.4 Å². The monoisotopic (exact) mass is 807 g/mol. The molecule has 10 atom stereocenters. The Kier molecular flexibility index (Phi) is 14.3. The van der Waals surface area contributed by atoms with Gasteiger partial charge >= 0.3 is 5.97 Å². The number of hydrogen-bond donors (Lipinski definition) is 2. The van der Waals surface area contributed by atoms with Crippen molar-refractivity contribution in [1.82, 2.24) is 15.1 Å². The molecule has 2 N–H and O–H groups in total. The van der Waals surface area contributed by atoms with Crippen molar-refractivity contribution in [3.63, 3.8) is 0 Å². The lowest BCUT2D eigenvalue weighted by atomic mass is 9.70. The molecule has 3 saturated heterocycles. The van der Waals surface area contributed by atoms with Crippen LogP contribution in [0, 0.1) is 11.8 Å². The predicted molar refractivity (Wildman–Crippen MR) is 208 cm³/mol. The fourth-order valence-electron chi connectivity index (χ4n) is 8.63. The number of benzene rings is 2. The van der Waals surface area contributed by atoms with E-state index >= 15 is 9.59 Å². The smallest absolute Gasteiger partial charge is 0.313 e. The summed E-state index contributed by atoms with van der Waals surface area (Å²) in [4.78, 5) is 60.6. The number of carbonyl (C=O) groups excluding carboxylic acids is 4. The van der Waals surface area contributed by atoms with Gasteiger partial charge in [0.2, 0.25) is 17.7 Å². The molecule has 3 aliphatic heterocycles. The van der Waals surface area contributed by atoms with Gasteiger partial charge in [0.25, 0.3) is 0 Å². The van der Waals surface area contributed by atoms with Gasteiger partial charge in [-0.1, -0.05) is 102 Å². The zero-order valence-corrected chi connectivity index (χ0v) is 33.1. The first kappa shape index (κ1) is 41.3. The topological polar surface area (TPSA) is 135 Å². The number of aliphatic hydroxyl groups is 1. The number of halogens is 1. The molecule has 3 fully saturated rings. The highest BCUT2D eigenvalue weighted by molar-refractivity contribution is 9.09. The van der Waals surface area contributed by atoms with E-state index in [9.17, 15) is 14.7 Å². The maximum Gasteiger partial charge on any atom is 0.313 e. The maximum absolute atomic E-state index is 15.0. The van der Waals surface area contributed by atoms with Gasteiger partial charge in [-0.15, -0.1) is 13.2 Å². The molecule has 0 aromatic heterocycles. The van der Waals surface area contributed by atoms with Crippen molar-refractivity contribution in [2.75, 3.05) is 26.9 Å². The Balaban J connectivity index is 1.56. The summed E-state index contributed by atoms with van der Waals surface area (Å²) in [6.07, 6.45) is 4.41. The number of nitrogens with zero attached hydrogens (tertiary/aromatic N) is 2. The Bertz CT molecular complexity index is 1630.